The number of carboxylic acids is 1. The predicted molar refractivity (Wildman–Crippen MR) is 73.5 cm³/mol. The van der Waals surface area contributed by atoms with E-state index < -0.39 is 5.97 Å². The molecule has 0 aliphatic rings. The zero-order valence-electron chi connectivity index (χ0n) is 11.6. The molecule has 19 heavy (non-hydrogen) atoms. The maximum atomic E-state index is 12.9. The Morgan fingerprint density at radius 1 is 1.42 bits per heavy atom. The van der Waals surface area contributed by atoms with Crippen molar-refractivity contribution in [2.75, 3.05) is 6.54 Å². The van der Waals surface area contributed by atoms with Gasteiger partial charge in [-0.15, -0.1) is 0 Å². The van der Waals surface area contributed by atoms with Crippen molar-refractivity contribution in [3.05, 3.63) is 35.1 Å². The van der Waals surface area contributed by atoms with E-state index in [-0.39, 0.29) is 12.2 Å². The van der Waals surface area contributed by atoms with Gasteiger partial charge < -0.3 is 10.4 Å². The summed E-state index contributed by atoms with van der Waals surface area (Å²) in [5.74, 6) is -0.539. The van der Waals surface area contributed by atoms with Gasteiger partial charge in [0.1, 0.15) is 5.82 Å². The van der Waals surface area contributed by atoms with Gasteiger partial charge in [-0.2, -0.15) is 0 Å². The molecular formula is C15H22FNO2. The molecule has 0 fully saturated rings. The molecule has 1 atom stereocenters. The molecule has 1 aromatic carbocycles. The quantitative estimate of drug-likeness (QED) is 0.711. The number of halogens is 1. The lowest BCUT2D eigenvalue weighted by atomic mass is 10.0. The predicted octanol–water partition coefficient (Wildman–Crippen LogP) is 3.11. The number of nitrogens with one attached hydrogen (secondary N) is 1. The molecule has 4 heteroatoms. The van der Waals surface area contributed by atoms with E-state index in [2.05, 4.69) is 12.2 Å². The summed E-state index contributed by atoms with van der Waals surface area (Å²) in [5, 5.41) is 11.9. The number of benzene rings is 1. The van der Waals surface area contributed by atoms with E-state index in [9.17, 15) is 9.18 Å². The highest BCUT2D eigenvalue weighted by Gasteiger charge is 2.05. The molecule has 0 spiro atoms. The summed E-state index contributed by atoms with van der Waals surface area (Å²) >= 11 is 0. The van der Waals surface area contributed by atoms with E-state index in [1.54, 1.807) is 6.07 Å². The summed E-state index contributed by atoms with van der Waals surface area (Å²) < 4.78 is 12.9. The van der Waals surface area contributed by atoms with Crippen molar-refractivity contribution in [2.45, 2.75) is 39.7 Å². The third-order valence-corrected chi connectivity index (χ3v) is 3.29. The molecule has 0 aliphatic heterocycles. The van der Waals surface area contributed by atoms with Crippen LogP contribution in [0.2, 0.25) is 0 Å². The van der Waals surface area contributed by atoms with Gasteiger partial charge in [0, 0.05) is 13.0 Å². The lowest BCUT2D eigenvalue weighted by molar-refractivity contribution is -0.137. The molecule has 0 amide bonds. The standard InChI is InChI=1S/C15H22FNO2/c1-11(3-6-15(18)19)7-8-17-10-13-4-5-14(16)9-12(13)2/h4-5,9,11,17H,3,6-8,10H2,1-2H3,(H,18,19). The fourth-order valence-corrected chi connectivity index (χ4v) is 1.94. The molecule has 106 valence electrons. The van der Waals surface area contributed by atoms with Gasteiger partial charge in [-0.05, 0) is 55.5 Å². The SMILES string of the molecule is Cc1cc(F)ccc1CNCCC(C)CCC(=O)O. The van der Waals surface area contributed by atoms with Crippen LogP contribution >= 0.6 is 0 Å². The van der Waals surface area contributed by atoms with Crippen molar-refractivity contribution < 1.29 is 14.3 Å². The first kappa shape index (κ1) is 15.6. The summed E-state index contributed by atoms with van der Waals surface area (Å²) in [6, 6.07) is 4.80. The van der Waals surface area contributed by atoms with Crippen LogP contribution in [0.3, 0.4) is 0 Å². The molecule has 1 aromatic rings. The molecular weight excluding hydrogens is 245 g/mol. The molecule has 0 heterocycles. The van der Waals surface area contributed by atoms with E-state index in [1.165, 1.54) is 12.1 Å². The second kappa shape index (κ2) is 7.89. The minimum atomic E-state index is -0.734. The van der Waals surface area contributed by atoms with Gasteiger partial charge in [0.25, 0.3) is 0 Å². The molecule has 2 N–H and O–H groups in total. The first-order valence-electron chi connectivity index (χ1n) is 6.66. The normalized spacial score (nSPS) is 12.4. The topological polar surface area (TPSA) is 49.3 Å². The summed E-state index contributed by atoms with van der Waals surface area (Å²) in [5.41, 5.74) is 2.05. The van der Waals surface area contributed by atoms with Gasteiger partial charge in [-0.1, -0.05) is 13.0 Å². The second-order valence-electron chi connectivity index (χ2n) is 5.07. The Morgan fingerprint density at radius 2 is 2.16 bits per heavy atom. The number of carbonyl (C=O) groups is 1. The van der Waals surface area contributed by atoms with Gasteiger partial charge in [0.15, 0.2) is 0 Å². The van der Waals surface area contributed by atoms with Gasteiger partial charge in [-0.3, -0.25) is 4.79 Å². The molecule has 0 radical (unpaired) electrons. The number of rotatable bonds is 8. The summed E-state index contributed by atoms with van der Waals surface area (Å²) in [6.07, 6.45) is 1.90. The Morgan fingerprint density at radius 3 is 2.79 bits per heavy atom. The van der Waals surface area contributed by atoms with Crippen molar-refractivity contribution in [3.63, 3.8) is 0 Å². The number of aliphatic carboxylic acids is 1. The highest BCUT2D eigenvalue weighted by molar-refractivity contribution is 5.66. The average Bonchev–Trinajstić information content (AvgIpc) is 2.34. The maximum Gasteiger partial charge on any atom is 0.303 e. The molecule has 0 aromatic heterocycles. The minimum Gasteiger partial charge on any atom is -0.481 e. The fraction of sp³-hybridized carbons (Fsp3) is 0.533. The van der Waals surface area contributed by atoms with Crippen molar-refractivity contribution >= 4 is 5.97 Å². The van der Waals surface area contributed by atoms with Crippen LogP contribution in [0.5, 0.6) is 0 Å². The Bertz CT molecular complexity index is 421. The zero-order chi connectivity index (χ0) is 14.3. The average molecular weight is 267 g/mol. The third-order valence-electron chi connectivity index (χ3n) is 3.29. The molecule has 0 saturated carbocycles. The van der Waals surface area contributed by atoms with Gasteiger partial charge in [-0.25, -0.2) is 4.39 Å². The molecule has 1 unspecified atom stereocenters. The number of aryl methyl sites for hydroxylation is 1. The van der Waals surface area contributed by atoms with Gasteiger partial charge >= 0.3 is 5.97 Å². The van der Waals surface area contributed by atoms with Crippen LogP contribution in [-0.2, 0) is 11.3 Å². The zero-order valence-corrected chi connectivity index (χ0v) is 11.6. The third kappa shape index (κ3) is 6.34. The smallest absolute Gasteiger partial charge is 0.303 e. The molecule has 1 rings (SSSR count). The number of hydrogen-bond acceptors (Lipinski definition) is 2. The van der Waals surface area contributed by atoms with Gasteiger partial charge in [0.05, 0.1) is 0 Å². The molecule has 0 saturated heterocycles. The highest BCUT2D eigenvalue weighted by atomic mass is 19.1. The number of carboxylic acid groups (broad SMARTS) is 1. The largest absolute Gasteiger partial charge is 0.481 e. The molecule has 0 aliphatic carbocycles. The van der Waals surface area contributed by atoms with E-state index in [0.29, 0.717) is 12.3 Å². The highest BCUT2D eigenvalue weighted by Crippen LogP contribution is 2.11. The monoisotopic (exact) mass is 267 g/mol. The minimum absolute atomic E-state index is 0.205. The number of hydrogen-bond donors (Lipinski definition) is 2. The summed E-state index contributed by atoms with van der Waals surface area (Å²) in [7, 11) is 0. The Kier molecular flexibility index (Phi) is 6.50. The van der Waals surface area contributed by atoms with Crippen LogP contribution in [0.4, 0.5) is 4.39 Å². The van der Waals surface area contributed by atoms with Crippen LogP contribution in [0.15, 0.2) is 18.2 Å². The summed E-state index contributed by atoms with van der Waals surface area (Å²) in [4.78, 5) is 10.4. The molecule has 3 nitrogen and oxygen atoms in total. The van der Waals surface area contributed by atoms with Crippen LogP contribution in [-0.4, -0.2) is 17.6 Å². The molecule has 0 bridgehead atoms. The Labute approximate surface area is 113 Å². The fourth-order valence-electron chi connectivity index (χ4n) is 1.94. The van der Waals surface area contributed by atoms with Gasteiger partial charge in [0.2, 0.25) is 0 Å². The van der Waals surface area contributed by atoms with Crippen molar-refractivity contribution in [3.8, 4) is 0 Å². The second-order valence-corrected chi connectivity index (χ2v) is 5.07. The van der Waals surface area contributed by atoms with Crippen LogP contribution < -0.4 is 5.32 Å². The van der Waals surface area contributed by atoms with E-state index in [0.717, 1.165) is 30.6 Å². The van der Waals surface area contributed by atoms with E-state index >= 15 is 0 Å². The Hall–Kier alpha value is -1.42. The Balaban J connectivity index is 2.21. The van der Waals surface area contributed by atoms with E-state index in [4.69, 9.17) is 5.11 Å². The lowest BCUT2D eigenvalue weighted by Gasteiger charge is -2.11. The van der Waals surface area contributed by atoms with Crippen LogP contribution in [0.25, 0.3) is 0 Å². The van der Waals surface area contributed by atoms with Crippen molar-refractivity contribution in [1.82, 2.24) is 5.32 Å². The van der Waals surface area contributed by atoms with Crippen LogP contribution in [0, 0.1) is 18.7 Å². The maximum absolute atomic E-state index is 12.9. The lowest BCUT2D eigenvalue weighted by Crippen LogP contribution is -2.18. The first-order valence-corrected chi connectivity index (χ1v) is 6.66. The van der Waals surface area contributed by atoms with Crippen molar-refractivity contribution in [2.24, 2.45) is 5.92 Å². The van der Waals surface area contributed by atoms with Crippen LogP contribution in [0.1, 0.15) is 37.3 Å². The summed E-state index contributed by atoms with van der Waals surface area (Å²) in [6.45, 7) is 5.53. The van der Waals surface area contributed by atoms with E-state index in [1.807, 2.05) is 6.92 Å². The first-order chi connectivity index (χ1) is 8.99. The van der Waals surface area contributed by atoms with Crippen molar-refractivity contribution in [1.29, 1.82) is 0 Å².